The van der Waals surface area contributed by atoms with Crippen molar-refractivity contribution in [1.29, 1.82) is 0 Å². The Morgan fingerprint density at radius 3 is 1.90 bits per heavy atom. The van der Waals surface area contributed by atoms with E-state index in [4.69, 9.17) is 18.3 Å². The van der Waals surface area contributed by atoms with E-state index in [2.05, 4.69) is 15.1 Å². The van der Waals surface area contributed by atoms with Crippen LogP contribution >= 0.6 is 6.19 Å². The molecule has 0 aromatic heterocycles. The normalized spacial score (nSPS) is 11.8. The van der Waals surface area contributed by atoms with Crippen LogP contribution in [-0.2, 0) is 13.6 Å². The van der Waals surface area contributed by atoms with Crippen molar-refractivity contribution in [2.24, 2.45) is 0 Å². The van der Waals surface area contributed by atoms with Crippen LogP contribution in [-0.4, -0.2) is 40.4 Å². The second kappa shape index (κ2) is 8.11. The molecular weight excluding hydrogens is 358 g/mol. The molecule has 0 saturated heterocycles. The summed E-state index contributed by atoms with van der Waals surface area (Å²) in [5.74, 6) is 0.179. The number of methoxy groups -OCH3 is 1. The van der Waals surface area contributed by atoms with Crippen LogP contribution in [0.1, 0.15) is 38.1 Å². The molecule has 5 nitrogen and oxygen atoms in total. The molecule has 0 aliphatic heterocycles. The fourth-order valence-corrected chi connectivity index (χ4v) is 5.54. The van der Waals surface area contributed by atoms with Gasteiger partial charge in [0, 0.05) is 0 Å². The Balaban J connectivity index is 2.86. The van der Waals surface area contributed by atoms with E-state index in [-0.39, 0.29) is 12.2 Å². The van der Waals surface area contributed by atoms with Gasteiger partial charge >= 0.3 is 133 Å². The predicted molar refractivity (Wildman–Crippen MR) is 83.5 cm³/mol. The molecule has 0 amide bonds. The molecular formula is C14H21O5PSe. The number of ether oxygens (including phenoxy) is 1. The van der Waals surface area contributed by atoms with E-state index in [1.807, 2.05) is 27.7 Å². The molecule has 1 aromatic rings. The minimum atomic E-state index is -2.83. The summed E-state index contributed by atoms with van der Waals surface area (Å²) >= 11 is 2.78. The Hall–Kier alpha value is -0.641. The standard InChI is InChI=1S/C14H21O5PSe/c1-10(2)17-20(21,18-11(3)4)19-14(15)12-6-8-13(16-5)9-7-12/h6-11H,1-5H3. The zero-order valence-corrected chi connectivity index (χ0v) is 15.5. The maximum atomic E-state index is 12.2. The van der Waals surface area contributed by atoms with Crippen molar-refractivity contribution in [2.45, 2.75) is 39.9 Å². The van der Waals surface area contributed by atoms with Crippen LogP contribution in [0.3, 0.4) is 0 Å². The van der Waals surface area contributed by atoms with Crippen LogP contribution in [0, 0.1) is 0 Å². The van der Waals surface area contributed by atoms with Crippen LogP contribution in [0.25, 0.3) is 0 Å². The third-order valence-corrected chi connectivity index (χ3v) is 5.50. The van der Waals surface area contributed by atoms with Crippen molar-refractivity contribution >= 4 is 27.3 Å². The number of carbonyl (C=O) groups is 1. The maximum absolute atomic E-state index is 12.2. The molecule has 0 atom stereocenters. The zero-order chi connectivity index (χ0) is 16.0. The first-order chi connectivity index (χ1) is 9.75. The van der Waals surface area contributed by atoms with E-state index in [0.29, 0.717) is 11.3 Å². The molecule has 0 unspecified atom stereocenters. The molecule has 0 aliphatic rings. The quantitative estimate of drug-likeness (QED) is 0.536. The van der Waals surface area contributed by atoms with Gasteiger partial charge in [0.15, 0.2) is 0 Å². The van der Waals surface area contributed by atoms with Crippen molar-refractivity contribution in [3.63, 3.8) is 0 Å². The summed E-state index contributed by atoms with van der Waals surface area (Å²) in [6.45, 7) is 7.43. The summed E-state index contributed by atoms with van der Waals surface area (Å²) in [5, 5.41) is 0. The van der Waals surface area contributed by atoms with E-state index >= 15 is 0 Å². The van der Waals surface area contributed by atoms with Gasteiger partial charge in [-0.3, -0.25) is 0 Å². The van der Waals surface area contributed by atoms with E-state index < -0.39 is 12.2 Å². The molecule has 1 aromatic carbocycles. The molecule has 0 radical (unpaired) electrons. The van der Waals surface area contributed by atoms with Gasteiger partial charge in [0.2, 0.25) is 0 Å². The van der Waals surface area contributed by atoms with Gasteiger partial charge < -0.3 is 0 Å². The van der Waals surface area contributed by atoms with Gasteiger partial charge in [0.25, 0.3) is 0 Å². The molecule has 0 N–H and O–H groups in total. The molecule has 118 valence electrons. The Labute approximate surface area is 133 Å². The van der Waals surface area contributed by atoms with Crippen molar-refractivity contribution < 1.29 is 23.1 Å². The van der Waals surface area contributed by atoms with Crippen molar-refractivity contribution in [1.82, 2.24) is 0 Å². The third kappa shape index (κ3) is 6.33. The van der Waals surface area contributed by atoms with Gasteiger partial charge in [-0.15, -0.1) is 0 Å². The average molecular weight is 379 g/mol. The van der Waals surface area contributed by atoms with E-state index in [1.165, 1.54) is 0 Å². The molecule has 0 aliphatic carbocycles. The first kappa shape index (κ1) is 18.4. The van der Waals surface area contributed by atoms with Crippen LogP contribution < -0.4 is 4.74 Å². The summed E-state index contributed by atoms with van der Waals surface area (Å²) in [6.07, 6.45) is -3.07. The Kier molecular flexibility index (Phi) is 7.11. The second-order valence-corrected chi connectivity index (χ2v) is 9.18. The SMILES string of the molecule is COc1ccc(C(=O)OP(=[Se])(OC(C)C)OC(C)C)cc1. The fraction of sp³-hybridized carbons (Fsp3) is 0.500. The van der Waals surface area contributed by atoms with Crippen molar-refractivity contribution in [3.8, 4) is 5.75 Å². The number of hydrogen-bond acceptors (Lipinski definition) is 5. The van der Waals surface area contributed by atoms with Crippen LogP contribution in [0.15, 0.2) is 24.3 Å². The monoisotopic (exact) mass is 380 g/mol. The molecule has 0 fully saturated rings. The third-order valence-electron chi connectivity index (χ3n) is 2.20. The van der Waals surface area contributed by atoms with E-state index in [9.17, 15) is 4.79 Å². The molecule has 1 rings (SSSR count). The van der Waals surface area contributed by atoms with Gasteiger partial charge in [-0.25, -0.2) is 0 Å². The average Bonchev–Trinajstić information content (AvgIpc) is 2.36. The summed E-state index contributed by atoms with van der Waals surface area (Å²) in [4.78, 5) is 12.2. The molecule has 0 heterocycles. The number of benzene rings is 1. The first-order valence-electron chi connectivity index (χ1n) is 6.60. The number of carbonyl (C=O) groups excluding carboxylic acids is 1. The molecule has 0 spiro atoms. The van der Waals surface area contributed by atoms with Gasteiger partial charge in [0.1, 0.15) is 0 Å². The first-order valence-corrected chi connectivity index (χ1v) is 10.4. The zero-order valence-electron chi connectivity index (χ0n) is 12.9. The molecule has 0 saturated carbocycles. The van der Waals surface area contributed by atoms with Crippen LogP contribution in [0.2, 0.25) is 0 Å². The molecule has 0 bridgehead atoms. The summed E-state index contributed by atoms with van der Waals surface area (Å²) in [5.41, 5.74) is 0.412. The second-order valence-electron chi connectivity index (χ2n) is 4.86. The van der Waals surface area contributed by atoms with Crippen molar-refractivity contribution in [3.05, 3.63) is 29.8 Å². The Morgan fingerprint density at radius 2 is 1.52 bits per heavy atom. The summed E-state index contributed by atoms with van der Waals surface area (Å²) in [7, 11) is 1.57. The van der Waals surface area contributed by atoms with E-state index in [1.54, 1.807) is 31.4 Å². The van der Waals surface area contributed by atoms with Crippen LogP contribution in [0.5, 0.6) is 5.75 Å². The number of hydrogen-bond donors (Lipinski definition) is 0. The topological polar surface area (TPSA) is 54.0 Å². The Bertz CT molecular complexity index is 499. The van der Waals surface area contributed by atoms with E-state index in [0.717, 1.165) is 0 Å². The van der Waals surface area contributed by atoms with Crippen molar-refractivity contribution in [2.75, 3.05) is 7.11 Å². The Morgan fingerprint density at radius 1 is 1.05 bits per heavy atom. The number of rotatable bonds is 7. The molecule has 7 heteroatoms. The van der Waals surface area contributed by atoms with Gasteiger partial charge in [-0.1, -0.05) is 0 Å². The molecule has 21 heavy (non-hydrogen) atoms. The summed E-state index contributed by atoms with van der Waals surface area (Å²) < 4.78 is 21.8. The van der Waals surface area contributed by atoms with Gasteiger partial charge in [-0.2, -0.15) is 0 Å². The minimum absolute atomic E-state index is 0.123. The van der Waals surface area contributed by atoms with Gasteiger partial charge in [0.05, 0.1) is 0 Å². The fourth-order valence-electron chi connectivity index (χ4n) is 1.47. The predicted octanol–water partition coefficient (Wildman–Crippen LogP) is 3.55. The van der Waals surface area contributed by atoms with Gasteiger partial charge in [-0.05, 0) is 0 Å². The van der Waals surface area contributed by atoms with Crippen LogP contribution in [0.4, 0.5) is 0 Å². The summed E-state index contributed by atoms with van der Waals surface area (Å²) in [6, 6.07) is 6.66.